The van der Waals surface area contributed by atoms with E-state index in [4.69, 9.17) is 0 Å². The van der Waals surface area contributed by atoms with Crippen LogP contribution in [0, 0.1) is 17.2 Å². The van der Waals surface area contributed by atoms with Crippen LogP contribution in [0.3, 0.4) is 0 Å². The number of hydrogen-bond donors (Lipinski definition) is 3. The number of nitrogens with zero attached hydrogens (tertiary/aromatic N) is 3. The number of aliphatic hydroxyl groups is 1. The molecule has 10 heteroatoms. The van der Waals surface area contributed by atoms with E-state index in [0.29, 0.717) is 49.1 Å². The number of likely N-dealkylation sites (tertiary alicyclic amines) is 1. The van der Waals surface area contributed by atoms with Crippen LogP contribution in [0.25, 0.3) is 10.9 Å². The maximum Gasteiger partial charge on any atom is 0.241 e. The molecule has 33 heavy (non-hydrogen) atoms. The molecule has 3 aromatic rings. The first-order valence-electron chi connectivity index (χ1n) is 11.0. The highest BCUT2D eigenvalue weighted by Gasteiger charge is 2.32. The van der Waals surface area contributed by atoms with E-state index in [2.05, 4.69) is 15.8 Å². The van der Waals surface area contributed by atoms with Crippen LogP contribution in [0.1, 0.15) is 25.0 Å². The summed E-state index contributed by atoms with van der Waals surface area (Å²) in [4.78, 5) is 18.2. The number of carbonyl (C=O) groups is 1. The van der Waals surface area contributed by atoms with E-state index in [-0.39, 0.29) is 29.7 Å². The van der Waals surface area contributed by atoms with Gasteiger partial charge in [-0.05, 0) is 55.5 Å². The zero-order valence-electron chi connectivity index (χ0n) is 18.1. The van der Waals surface area contributed by atoms with Crippen molar-refractivity contribution in [2.24, 2.45) is 5.92 Å². The van der Waals surface area contributed by atoms with Gasteiger partial charge in [0.2, 0.25) is 15.9 Å². The topological polar surface area (TPSA) is 131 Å². The molecule has 1 unspecified atom stereocenters. The Labute approximate surface area is 192 Å². The van der Waals surface area contributed by atoms with Gasteiger partial charge in [-0.3, -0.25) is 4.79 Å². The molecule has 3 heterocycles. The lowest BCUT2D eigenvalue weighted by Gasteiger charge is -2.34. The fourth-order valence-electron chi connectivity index (χ4n) is 4.31. The summed E-state index contributed by atoms with van der Waals surface area (Å²) in [5.74, 6) is -0.129. The van der Waals surface area contributed by atoms with Crippen LogP contribution in [0.2, 0.25) is 0 Å². The molecule has 0 radical (unpaired) electrons. The maximum absolute atomic E-state index is 13.4. The molecule has 1 aliphatic rings. The van der Waals surface area contributed by atoms with Crippen molar-refractivity contribution >= 4 is 26.8 Å². The number of nitrogens with one attached hydrogen (secondary N) is 2. The number of nitriles is 1. The smallest absolute Gasteiger partial charge is 0.241 e. The van der Waals surface area contributed by atoms with Crippen LogP contribution in [0.5, 0.6) is 0 Å². The van der Waals surface area contributed by atoms with Gasteiger partial charge in [0.1, 0.15) is 17.8 Å². The summed E-state index contributed by atoms with van der Waals surface area (Å²) in [6.07, 6.45) is 4.97. The van der Waals surface area contributed by atoms with Crippen molar-refractivity contribution in [1.29, 1.82) is 5.26 Å². The Morgan fingerprint density at radius 1 is 1.24 bits per heavy atom. The van der Waals surface area contributed by atoms with Crippen molar-refractivity contribution in [3.63, 3.8) is 0 Å². The van der Waals surface area contributed by atoms with Gasteiger partial charge in [-0.1, -0.05) is 6.07 Å². The summed E-state index contributed by atoms with van der Waals surface area (Å²) in [5.41, 5.74) is 1.14. The monoisotopic (exact) mass is 469 g/mol. The molecule has 1 saturated heterocycles. The summed E-state index contributed by atoms with van der Waals surface area (Å²) in [7, 11) is -3.99. The number of fused-ring (bicyclic) bond motifs is 1. The molecule has 1 fully saturated rings. The lowest BCUT2D eigenvalue weighted by molar-refractivity contribution is -0.134. The molecule has 4 rings (SSSR count). The fourth-order valence-corrected chi connectivity index (χ4v) is 5.76. The van der Waals surface area contributed by atoms with Crippen LogP contribution in [-0.4, -0.2) is 59.6 Å². The SMILES string of the molecule is N#Cc1cccn1CCC(NS(=O)(=O)c1cccc2[nH]ccc12)C(=O)N1CCC(CO)CC1. The van der Waals surface area contributed by atoms with E-state index in [9.17, 15) is 23.6 Å². The van der Waals surface area contributed by atoms with E-state index >= 15 is 0 Å². The minimum atomic E-state index is -3.99. The van der Waals surface area contributed by atoms with Crippen LogP contribution in [0.15, 0.2) is 53.7 Å². The van der Waals surface area contributed by atoms with E-state index in [1.165, 1.54) is 6.07 Å². The van der Waals surface area contributed by atoms with Gasteiger partial charge in [-0.25, -0.2) is 8.42 Å². The Morgan fingerprint density at radius 3 is 2.76 bits per heavy atom. The molecule has 3 N–H and O–H groups in total. The number of aromatic nitrogens is 2. The third kappa shape index (κ3) is 4.95. The Kier molecular flexibility index (Phi) is 6.83. The van der Waals surface area contributed by atoms with E-state index in [1.54, 1.807) is 52.2 Å². The van der Waals surface area contributed by atoms with Gasteiger partial charge in [0.15, 0.2) is 0 Å². The minimum Gasteiger partial charge on any atom is -0.396 e. The van der Waals surface area contributed by atoms with Crippen LogP contribution < -0.4 is 4.72 Å². The van der Waals surface area contributed by atoms with E-state index < -0.39 is 16.1 Å². The Balaban J connectivity index is 1.58. The summed E-state index contributed by atoms with van der Waals surface area (Å²) in [6.45, 7) is 1.35. The number of aliphatic hydroxyl groups excluding tert-OH is 1. The van der Waals surface area contributed by atoms with Crippen molar-refractivity contribution in [2.45, 2.75) is 36.7 Å². The second-order valence-electron chi connectivity index (χ2n) is 8.31. The highest BCUT2D eigenvalue weighted by molar-refractivity contribution is 7.89. The van der Waals surface area contributed by atoms with Crippen molar-refractivity contribution in [2.75, 3.05) is 19.7 Å². The number of aromatic amines is 1. The molecule has 0 bridgehead atoms. The van der Waals surface area contributed by atoms with Gasteiger partial charge in [0.25, 0.3) is 0 Å². The molecule has 2 aromatic heterocycles. The number of aryl methyl sites for hydroxylation is 1. The molecule has 1 aromatic carbocycles. The number of rotatable bonds is 8. The number of H-pyrrole nitrogens is 1. The van der Waals surface area contributed by atoms with Gasteiger partial charge >= 0.3 is 0 Å². The lowest BCUT2D eigenvalue weighted by atomic mass is 9.97. The average molecular weight is 470 g/mol. The van der Waals surface area contributed by atoms with Gasteiger partial charge < -0.3 is 19.6 Å². The van der Waals surface area contributed by atoms with Gasteiger partial charge in [-0.2, -0.15) is 9.98 Å². The number of benzene rings is 1. The quantitative estimate of drug-likeness (QED) is 0.463. The normalized spacial score (nSPS) is 16.1. The summed E-state index contributed by atoms with van der Waals surface area (Å²) < 4.78 is 31.0. The zero-order valence-corrected chi connectivity index (χ0v) is 19.0. The predicted octanol–water partition coefficient (Wildman–Crippen LogP) is 1.81. The molecule has 0 aliphatic carbocycles. The van der Waals surface area contributed by atoms with Gasteiger partial charge in [0.05, 0.1) is 4.90 Å². The molecule has 1 aliphatic heterocycles. The standard InChI is InChI=1S/C23H27N5O4S/c24-15-18-3-2-11-27(18)14-9-21(23(30)28-12-7-17(16-29)8-13-28)26-33(31,32)22-5-1-4-20-19(22)6-10-25-20/h1-6,10-11,17,21,25-26,29H,7-9,12-14,16H2. The summed E-state index contributed by atoms with van der Waals surface area (Å²) >= 11 is 0. The molecule has 1 amide bonds. The minimum absolute atomic E-state index is 0.0866. The first-order chi connectivity index (χ1) is 15.9. The molecule has 174 valence electrons. The van der Waals surface area contributed by atoms with Gasteiger partial charge in [0, 0.05) is 49.5 Å². The lowest BCUT2D eigenvalue weighted by Crippen LogP contribution is -2.51. The van der Waals surface area contributed by atoms with Crippen molar-refractivity contribution < 1.29 is 18.3 Å². The van der Waals surface area contributed by atoms with E-state index in [0.717, 1.165) is 0 Å². The summed E-state index contributed by atoms with van der Waals surface area (Å²) in [6, 6.07) is 11.2. The van der Waals surface area contributed by atoms with Crippen molar-refractivity contribution in [1.82, 2.24) is 19.2 Å². The number of amides is 1. The molecule has 9 nitrogen and oxygen atoms in total. The van der Waals surface area contributed by atoms with Crippen molar-refractivity contribution in [3.8, 4) is 6.07 Å². The van der Waals surface area contributed by atoms with Crippen LogP contribution in [-0.2, 0) is 21.4 Å². The molecule has 0 saturated carbocycles. The van der Waals surface area contributed by atoms with Crippen molar-refractivity contribution in [3.05, 3.63) is 54.5 Å². The number of sulfonamides is 1. The van der Waals surface area contributed by atoms with Gasteiger partial charge in [-0.15, -0.1) is 0 Å². The first-order valence-corrected chi connectivity index (χ1v) is 12.4. The fraction of sp³-hybridized carbons (Fsp3) is 0.391. The average Bonchev–Trinajstić information content (AvgIpc) is 3.50. The largest absolute Gasteiger partial charge is 0.396 e. The van der Waals surface area contributed by atoms with Crippen LogP contribution >= 0.6 is 0 Å². The highest BCUT2D eigenvalue weighted by Crippen LogP contribution is 2.23. The molecule has 1 atom stereocenters. The third-order valence-electron chi connectivity index (χ3n) is 6.23. The van der Waals surface area contributed by atoms with E-state index in [1.807, 2.05) is 0 Å². The Morgan fingerprint density at radius 2 is 2.03 bits per heavy atom. The maximum atomic E-state index is 13.4. The van der Waals surface area contributed by atoms with Crippen LogP contribution in [0.4, 0.5) is 0 Å². The Bertz CT molecular complexity index is 1270. The second kappa shape index (κ2) is 9.79. The molecular weight excluding hydrogens is 442 g/mol. The Hall–Kier alpha value is -3.13. The number of piperidine rings is 1. The highest BCUT2D eigenvalue weighted by atomic mass is 32.2. The summed E-state index contributed by atoms with van der Waals surface area (Å²) in [5, 5.41) is 19.2. The number of carbonyl (C=O) groups excluding carboxylic acids is 1. The first kappa shape index (κ1) is 23.0. The second-order valence-corrected chi connectivity index (χ2v) is 9.99. The zero-order chi connectivity index (χ0) is 23.4. The predicted molar refractivity (Wildman–Crippen MR) is 123 cm³/mol. The molecule has 0 spiro atoms. The third-order valence-corrected chi connectivity index (χ3v) is 7.76. The molecular formula is C23H27N5O4S. The number of hydrogen-bond acceptors (Lipinski definition) is 5.